The quantitative estimate of drug-likeness (QED) is 0.399. The molecule has 50 valence electrons. The molecule has 8 heavy (non-hydrogen) atoms. The average Bonchev–Trinajstić information content (AvgIpc) is 1.21. The lowest BCUT2D eigenvalue weighted by Gasteiger charge is -2.13. The van der Waals surface area contributed by atoms with Crippen molar-refractivity contribution in [2.75, 3.05) is 0 Å². The first-order valence-corrected chi connectivity index (χ1v) is 3.00. The Bertz CT molecular complexity index is 68.9. The van der Waals surface area contributed by atoms with Crippen molar-refractivity contribution in [1.29, 1.82) is 0 Å². The third kappa shape index (κ3) is 6.09. The molecule has 1 atom stereocenters. The molecule has 0 aliphatic rings. The van der Waals surface area contributed by atoms with Crippen LogP contribution in [0.2, 0.25) is 0 Å². The molecule has 0 aliphatic heterocycles. The van der Waals surface area contributed by atoms with Gasteiger partial charge in [0.15, 0.2) is 0 Å². The van der Waals surface area contributed by atoms with E-state index in [1.54, 1.807) is 0 Å². The van der Waals surface area contributed by atoms with Gasteiger partial charge in [0, 0.05) is 0 Å². The van der Waals surface area contributed by atoms with Crippen LogP contribution < -0.4 is 19.7 Å². The Morgan fingerprint density at radius 1 is 1.50 bits per heavy atom. The number of hydrogen-bond acceptors (Lipinski definition) is 5. The van der Waals surface area contributed by atoms with Crippen LogP contribution in [0.3, 0.4) is 0 Å². The van der Waals surface area contributed by atoms with Crippen LogP contribution in [0.5, 0.6) is 0 Å². The fourth-order valence-electron chi connectivity index (χ4n) is 0.172. The molecule has 0 saturated carbocycles. The predicted molar refractivity (Wildman–Crippen MR) is 14.7 cm³/mol. The zero-order valence-corrected chi connectivity index (χ0v) is 4.92. The maximum Gasteiger partial charge on any atom is 0.260 e. The fourth-order valence-corrected chi connectivity index (χ4v) is 0.516. The summed E-state index contributed by atoms with van der Waals surface area (Å²) in [5.41, 5.74) is 4.77. The lowest BCUT2D eigenvalue weighted by atomic mass is 10.7. The molecule has 0 radical (unpaired) electrons. The Labute approximate surface area is 48.4 Å². The van der Waals surface area contributed by atoms with E-state index in [0.29, 0.717) is 0 Å². The first kappa shape index (κ1) is 8.09. The number of hydrogen-bond donors (Lipinski definition) is 1. The van der Waals surface area contributed by atoms with Gasteiger partial charge in [-0.05, 0) is 6.92 Å². The van der Waals surface area contributed by atoms with E-state index in [4.69, 9.17) is 5.73 Å². The van der Waals surface area contributed by atoms with Crippen molar-refractivity contribution >= 4 is 0 Å². The summed E-state index contributed by atoms with van der Waals surface area (Å²) in [6.45, 7) is 1.24. The third-order valence-electron chi connectivity index (χ3n) is 0.250. The first-order valence-electron chi connectivity index (χ1n) is 1.76. The highest BCUT2D eigenvalue weighted by Gasteiger charge is 2.20. The molecule has 0 aromatic heterocycles. The van der Waals surface area contributed by atoms with Crippen LogP contribution in [0.15, 0.2) is 0 Å². The summed E-state index contributed by atoms with van der Waals surface area (Å²) in [7, 11) is -4.35. The molecule has 2 N–H and O–H groups in total. The maximum absolute atomic E-state index is 9.56. The minimum atomic E-state index is -4.35. The van der Waals surface area contributed by atoms with Gasteiger partial charge in [-0.3, -0.25) is 5.73 Å². The van der Waals surface area contributed by atoms with Crippen LogP contribution in [-0.4, -0.2) is 6.23 Å². The van der Waals surface area contributed by atoms with Gasteiger partial charge < -0.3 is 0 Å². The smallest absolute Gasteiger partial charge is 0.260 e. The Hall–Kier alpha value is 0.0900. The van der Waals surface area contributed by atoms with Gasteiger partial charge in [-0.2, -0.15) is 14.0 Å². The minimum Gasteiger partial charge on any atom is -0.292 e. The summed E-state index contributed by atoms with van der Waals surface area (Å²) < 4.78 is 32.3. The van der Waals surface area contributed by atoms with Crippen LogP contribution in [0.25, 0.3) is 0 Å². The molecule has 0 heterocycles. The second-order valence-corrected chi connectivity index (χ2v) is 2.11. The highest BCUT2D eigenvalue weighted by molar-refractivity contribution is 4.20. The predicted octanol–water partition coefficient (Wildman–Crippen LogP) is -3.79. The van der Waals surface area contributed by atoms with Gasteiger partial charge in [0.25, 0.3) is 6.23 Å². The van der Waals surface area contributed by atoms with Crippen molar-refractivity contribution < 1.29 is 28.5 Å². The molecule has 1 unspecified atom stereocenters. The monoisotopic (exact) mass is 143 g/mol. The molecule has 0 saturated heterocycles. The summed E-state index contributed by atoms with van der Waals surface area (Å²) in [6, 6.07) is 0. The second-order valence-electron chi connectivity index (χ2n) is 1.17. The highest BCUT2D eigenvalue weighted by Crippen LogP contribution is 1.89. The van der Waals surface area contributed by atoms with Crippen LogP contribution in [-0.2, 0) is 4.29 Å². The number of halogens is 1. The minimum absolute atomic E-state index is 1.07. The van der Waals surface area contributed by atoms with Gasteiger partial charge in [-0.1, -0.05) is 0 Å². The summed E-state index contributed by atoms with van der Waals surface area (Å²) in [5.74, 6) is 0. The summed E-state index contributed by atoms with van der Waals surface area (Å²) in [4.78, 5) is 0. The molecular weight excluding hydrogens is 137 g/mol. The van der Waals surface area contributed by atoms with Gasteiger partial charge >= 0.3 is 0 Å². The molecule has 0 fully saturated rings. The zero-order valence-electron chi connectivity index (χ0n) is 4.17. The van der Waals surface area contributed by atoms with Crippen molar-refractivity contribution in [3.63, 3.8) is 0 Å². The zero-order chi connectivity index (χ0) is 6.78. The first-order chi connectivity index (χ1) is 3.42. The van der Waals surface area contributed by atoms with E-state index in [2.05, 4.69) is 4.29 Å². The molecule has 0 bridgehead atoms. The Balaban J connectivity index is 3.39. The molecule has 0 spiro atoms. The van der Waals surface area contributed by atoms with E-state index in [1.165, 1.54) is 6.92 Å². The SMILES string of the molecule is CC(N)O[Cl+3]([O-])([O-])[O-]. The van der Waals surface area contributed by atoms with Crippen molar-refractivity contribution in [2.45, 2.75) is 13.2 Å². The molecule has 0 aromatic rings. The molecule has 0 aromatic carbocycles. The van der Waals surface area contributed by atoms with Crippen LogP contribution >= 0.6 is 0 Å². The summed E-state index contributed by atoms with van der Waals surface area (Å²) in [6.07, 6.45) is -1.07. The van der Waals surface area contributed by atoms with Gasteiger partial charge in [-0.15, -0.1) is 0 Å². The highest BCUT2D eigenvalue weighted by atomic mass is 35.7. The molecule has 0 aliphatic carbocycles. The van der Waals surface area contributed by atoms with Gasteiger partial charge in [0.2, 0.25) is 0 Å². The molecule has 6 heteroatoms. The van der Waals surface area contributed by atoms with Crippen LogP contribution in [0, 0.1) is 10.2 Å². The van der Waals surface area contributed by atoms with Crippen molar-refractivity contribution in [2.24, 2.45) is 5.73 Å². The van der Waals surface area contributed by atoms with Gasteiger partial charge in [0.1, 0.15) is 0 Å². The lowest BCUT2D eigenvalue weighted by molar-refractivity contribution is -1.92. The Morgan fingerprint density at radius 3 is 1.88 bits per heavy atom. The normalized spacial score (nSPS) is 16.1. The van der Waals surface area contributed by atoms with Gasteiger partial charge in [-0.25, -0.2) is 0 Å². The van der Waals surface area contributed by atoms with Gasteiger partial charge in [0.05, 0.1) is 14.5 Å². The van der Waals surface area contributed by atoms with Crippen LogP contribution in [0.4, 0.5) is 0 Å². The molecular formula is C2H6ClNO4. The molecule has 5 nitrogen and oxygen atoms in total. The van der Waals surface area contributed by atoms with E-state index < -0.39 is 16.5 Å². The average molecular weight is 144 g/mol. The van der Waals surface area contributed by atoms with Crippen molar-refractivity contribution in [1.82, 2.24) is 0 Å². The largest absolute Gasteiger partial charge is 0.292 e. The van der Waals surface area contributed by atoms with E-state index in [-0.39, 0.29) is 0 Å². The van der Waals surface area contributed by atoms with E-state index in [1.807, 2.05) is 0 Å². The van der Waals surface area contributed by atoms with Crippen LogP contribution in [0.1, 0.15) is 6.92 Å². The summed E-state index contributed by atoms with van der Waals surface area (Å²) in [5, 5.41) is 0. The van der Waals surface area contributed by atoms with Crippen molar-refractivity contribution in [3.05, 3.63) is 0 Å². The van der Waals surface area contributed by atoms with E-state index in [0.717, 1.165) is 0 Å². The lowest BCUT2D eigenvalue weighted by Crippen LogP contribution is -2.62. The standard InChI is InChI=1S/C2H6ClNO4/c1-2(4)8-3(5,6)7/h2H,4H2,1H3. The Morgan fingerprint density at radius 2 is 1.88 bits per heavy atom. The Kier molecular flexibility index (Phi) is 2.61. The van der Waals surface area contributed by atoms with E-state index in [9.17, 15) is 14.0 Å². The number of rotatable bonds is 2. The molecule has 0 amide bonds. The topological polar surface area (TPSA) is 104 Å². The number of nitrogens with two attached hydrogens (primary N) is 1. The maximum atomic E-state index is 9.56. The van der Waals surface area contributed by atoms with Crippen molar-refractivity contribution in [3.8, 4) is 0 Å². The third-order valence-corrected chi connectivity index (χ3v) is 0.749. The molecule has 0 rings (SSSR count). The fraction of sp³-hybridized carbons (Fsp3) is 1.00. The second kappa shape index (κ2) is 2.58. The summed E-state index contributed by atoms with van der Waals surface area (Å²) >= 11 is 0. The van der Waals surface area contributed by atoms with E-state index >= 15 is 0 Å².